The lowest BCUT2D eigenvalue weighted by Gasteiger charge is -2.19. The van der Waals surface area contributed by atoms with E-state index in [1.165, 1.54) is 4.90 Å². The fraction of sp³-hybridized carbons (Fsp3) is 0.250. The number of nitrogens with one attached hydrogen (secondary N) is 2. The fourth-order valence-corrected chi connectivity index (χ4v) is 2.51. The molecule has 0 aliphatic carbocycles. The van der Waals surface area contributed by atoms with Crippen molar-refractivity contribution in [2.45, 2.75) is 0 Å². The first-order valence-corrected chi connectivity index (χ1v) is 8.98. The van der Waals surface area contributed by atoms with E-state index >= 15 is 0 Å². The molecule has 7 nitrogen and oxygen atoms in total. The maximum atomic E-state index is 12.6. The lowest BCUT2D eigenvalue weighted by molar-refractivity contribution is -0.130. The molecule has 28 heavy (non-hydrogen) atoms. The average Bonchev–Trinajstić information content (AvgIpc) is 2.63. The zero-order chi connectivity index (χ0) is 20.7. The molecule has 0 bridgehead atoms. The van der Waals surface area contributed by atoms with Crippen molar-refractivity contribution in [3.05, 3.63) is 59.1 Å². The maximum Gasteiger partial charge on any atom is 0.257 e. The van der Waals surface area contributed by atoms with E-state index in [1.54, 1.807) is 74.6 Å². The van der Waals surface area contributed by atoms with Crippen molar-refractivity contribution in [1.29, 1.82) is 0 Å². The van der Waals surface area contributed by atoms with E-state index in [2.05, 4.69) is 10.6 Å². The Kier molecular flexibility index (Phi) is 7.54. The van der Waals surface area contributed by atoms with Gasteiger partial charge in [-0.1, -0.05) is 23.7 Å². The van der Waals surface area contributed by atoms with Crippen LogP contribution in [0.25, 0.3) is 0 Å². The second-order valence-corrected chi connectivity index (χ2v) is 6.95. The highest BCUT2D eigenvalue weighted by Crippen LogP contribution is 2.19. The Bertz CT molecular complexity index is 853. The van der Waals surface area contributed by atoms with Gasteiger partial charge in [-0.2, -0.15) is 0 Å². The highest BCUT2D eigenvalue weighted by Gasteiger charge is 2.16. The molecule has 0 atom stereocenters. The molecule has 0 aromatic heterocycles. The third-order valence-corrected chi connectivity index (χ3v) is 4.12. The highest BCUT2D eigenvalue weighted by molar-refractivity contribution is 6.30. The summed E-state index contributed by atoms with van der Waals surface area (Å²) in [6, 6.07) is 13.5. The van der Waals surface area contributed by atoms with Crippen LogP contribution in [-0.2, 0) is 9.59 Å². The molecule has 0 heterocycles. The first-order chi connectivity index (χ1) is 13.3. The van der Waals surface area contributed by atoms with Gasteiger partial charge >= 0.3 is 0 Å². The van der Waals surface area contributed by atoms with Crippen LogP contribution in [0.15, 0.2) is 48.5 Å². The summed E-state index contributed by atoms with van der Waals surface area (Å²) in [5.74, 6) is -0.770. The van der Waals surface area contributed by atoms with Gasteiger partial charge in [0, 0.05) is 24.8 Å². The predicted octanol–water partition coefficient (Wildman–Crippen LogP) is 2.55. The number of para-hydroxylation sites is 1. The number of rotatable bonds is 7. The van der Waals surface area contributed by atoms with Crippen molar-refractivity contribution in [2.75, 3.05) is 44.9 Å². The van der Waals surface area contributed by atoms with Crippen LogP contribution in [0.4, 0.5) is 11.4 Å². The van der Waals surface area contributed by atoms with Crippen molar-refractivity contribution in [1.82, 2.24) is 9.80 Å². The molecule has 8 heteroatoms. The first-order valence-electron chi connectivity index (χ1n) is 8.60. The van der Waals surface area contributed by atoms with Gasteiger partial charge in [0.25, 0.3) is 5.91 Å². The average molecular weight is 403 g/mol. The minimum absolute atomic E-state index is 0.0206. The number of hydrogen-bond acceptors (Lipinski definition) is 4. The number of carbonyl (C=O) groups excluding carboxylic acids is 3. The molecule has 0 saturated carbocycles. The fourth-order valence-electron chi connectivity index (χ4n) is 2.38. The van der Waals surface area contributed by atoms with Gasteiger partial charge < -0.3 is 15.5 Å². The number of halogens is 1. The van der Waals surface area contributed by atoms with Crippen molar-refractivity contribution >= 4 is 40.7 Å². The molecule has 3 amide bonds. The maximum absolute atomic E-state index is 12.6. The van der Waals surface area contributed by atoms with E-state index < -0.39 is 0 Å². The molecule has 2 rings (SSSR count). The van der Waals surface area contributed by atoms with Crippen LogP contribution >= 0.6 is 11.6 Å². The van der Waals surface area contributed by atoms with Crippen LogP contribution in [-0.4, -0.2) is 61.8 Å². The van der Waals surface area contributed by atoms with E-state index in [0.29, 0.717) is 22.0 Å². The molecule has 0 aliphatic heterocycles. The number of hydrogen-bond donors (Lipinski definition) is 2. The summed E-state index contributed by atoms with van der Waals surface area (Å²) in [5.41, 5.74) is 1.32. The molecule has 0 spiro atoms. The smallest absolute Gasteiger partial charge is 0.257 e. The van der Waals surface area contributed by atoms with Crippen molar-refractivity contribution in [2.24, 2.45) is 0 Å². The van der Waals surface area contributed by atoms with Gasteiger partial charge in [-0.15, -0.1) is 0 Å². The lowest BCUT2D eigenvalue weighted by atomic mass is 10.1. The summed E-state index contributed by atoms with van der Waals surface area (Å²) in [7, 11) is 5.00. The van der Waals surface area contributed by atoms with Gasteiger partial charge in [-0.05, 0) is 43.4 Å². The van der Waals surface area contributed by atoms with Crippen LogP contribution in [0, 0.1) is 0 Å². The largest absolute Gasteiger partial charge is 0.348 e. The van der Waals surface area contributed by atoms with E-state index in [4.69, 9.17) is 11.6 Å². The first kappa shape index (κ1) is 21.4. The van der Waals surface area contributed by atoms with Crippen LogP contribution < -0.4 is 10.6 Å². The monoisotopic (exact) mass is 402 g/mol. The molecule has 0 unspecified atom stereocenters. The van der Waals surface area contributed by atoms with Gasteiger partial charge in [0.1, 0.15) is 0 Å². The van der Waals surface area contributed by atoms with Gasteiger partial charge in [0.05, 0.1) is 24.3 Å². The zero-order valence-corrected chi connectivity index (χ0v) is 16.8. The number of likely N-dealkylation sites (N-methyl/N-ethyl adjacent to an activating group) is 2. The summed E-state index contributed by atoms with van der Waals surface area (Å²) < 4.78 is 0. The van der Waals surface area contributed by atoms with E-state index in [9.17, 15) is 14.4 Å². The number of anilines is 2. The molecule has 0 radical (unpaired) electrons. The van der Waals surface area contributed by atoms with Crippen LogP contribution in [0.3, 0.4) is 0 Å². The Morgan fingerprint density at radius 3 is 2.18 bits per heavy atom. The molecule has 2 aromatic rings. The van der Waals surface area contributed by atoms with Gasteiger partial charge in [-0.3, -0.25) is 19.3 Å². The normalized spacial score (nSPS) is 10.5. The molecule has 148 valence electrons. The van der Waals surface area contributed by atoms with Crippen molar-refractivity contribution in [3.8, 4) is 0 Å². The molecular formula is C20H23ClN4O3. The zero-order valence-electron chi connectivity index (χ0n) is 16.0. The standard InChI is InChI=1S/C20H23ClN4O3/c1-24(2)19(27)13-25(3)12-18(26)23-17-7-5-4-6-16(17)20(28)22-15-10-8-14(21)9-11-15/h4-11H,12-13H2,1-3H3,(H,22,28)(H,23,26). The second kappa shape index (κ2) is 9.87. The molecule has 0 aliphatic rings. The Morgan fingerprint density at radius 2 is 1.54 bits per heavy atom. The van der Waals surface area contributed by atoms with Crippen LogP contribution in [0.5, 0.6) is 0 Å². The third-order valence-electron chi connectivity index (χ3n) is 3.87. The minimum Gasteiger partial charge on any atom is -0.348 e. The summed E-state index contributed by atoms with van der Waals surface area (Å²) in [6.45, 7) is 0.145. The molecule has 0 fully saturated rings. The van der Waals surface area contributed by atoms with Gasteiger partial charge in [0.2, 0.25) is 11.8 Å². The number of nitrogens with zero attached hydrogens (tertiary/aromatic N) is 2. The lowest BCUT2D eigenvalue weighted by Crippen LogP contribution is -2.38. The molecule has 2 N–H and O–H groups in total. The summed E-state index contributed by atoms with van der Waals surface area (Å²) in [5, 5.41) is 6.07. The second-order valence-electron chi connectivity index (χ2n) is 6.52. The molecular weight excluding hydrogens is 380 g/mol. The summed E-state index contributed by atoms with van der Waals surface area (Å²) in [4.78, 5) is 39.7. The highest BCUT2D eigenvalue weighted by atomic mass is 35.5. The third kappa shape index (κ3) is 6.37. The van der Waals surface area contributed by atoms with Crippen LogP contribution in [0.2, 0.25) is 5.02 Å². The van der Waals surface area contributed by atoms with Crippen molar-refractivity contribution in [3.63, 3.8) is 0 Å². The number of carbonyl (C=O) groups is 3. The molecule has 0 saturated heterocycles. The minimum atomic E-state index is -0.352. The Morgan fingerprint density at radius 1 is 0.893 bits per heavy atom. The van der Waals surface area contributed by atoms with E-state index in [0.717, 1.165) is 0 Å². The van der Waals surface area contributed by atoms with E-state index in [-0.39, 0.29) is 30.8 Å². The van der Waals surface area contributed by atoms with Gasteiger partial charge in [-0.25, -0.2) is 0 Å². The predicted molar refractivity (Wildman–Crippen MR) is 111 cm³/mol. The SMILES string of the molecule is CN(CC(=O)Nc1ccccc1C(=O)Nc1ccc(Cl)cc1)CC(=O)N(C)C. The molecule has 2 aromatic carbocycles. The quantitative estimate of drug-likeness (QED) is 0.745. The Hall–Kier alpha value is -2.90. The number of amides is 3. The Balaban J connectivity index is 2.02. The Labute approximate surface area is 169 Å². The van der Waals surface area contributed by atoms with Crippen LogP contribution in [0.1, 0.15) is 10.4 Å². The van der Waals surface area contributed by atoms with E-state index in [1.807, 2.05) is 0 Å². The summed E-state index contributed by atoms with van der Waals surface area (Å²) >= 11 is 5.85. The topological polar surface area (TPSA) is 81.8 Å². The summed E-state index contributed by atoms with van der Waals surface area (Å²) in [6.07, 6.45) is 0. The van der Waals surface area contributed by atoms with Gasteiger partial charge in [0.15, 0.2) is 0 Å². The van der Waals surface area contributed by atoms with Crippen molar-refractivity contribution < 1.29 is 14.4 Å². The number of benzene rings is 2.